The Kier molecular flexibility index (Phi) is 2.39. The zero-order valence-corrected chi connectivity index (χ0v) is 8.99. The zero-order chi connectivity index (χ0) is 11.0. The predicted octanol–water partition coefficient (Wildman–Crippen LogP) is 1.20. The molecule has 1 aliphatic rings. The smallest absolute Gasteiger partial charge is 0.0643 e. The van der Waals surface area contributed by atoms with Gasteiger partial charge in [-0.25, -0.2) is 0 Å². The number of nitrogens with zero attached hydrogens (tertiary/aromatic N) is 1. The third-order valence-corrected chi connectivity index (χ3v) is 2.83. The van der Waals surface area contributed by atoms with Crippen LogP contribution in [-0.4, -0.2) is 10.5 Å². The number of aromatic nitrogens is 1. The molecule has 1 aromatic heterocycles. The normalized spacial score (nSPS) is 16.1. The van der Waals surface area contributed by atoms with Crippen molar-refractivity contribution in [1.29, 1.82) is 0 Å². The van der Waals surface area contributed by atoms with Gasteiger partial charge >= 0.3 is 0 Å². The summed E-state index contributed by atoms with van der Waals surface area (Å²) in [7, 11) is 0. The number of aliphatic carboxylic acids is 1. The van der Waals surface area contributed by atoms with Crippen molar-refractivity contribution in [3.8, 4) is 0 Å². The van der Waals surface area contributed by atoms with Gasteiger partial charge in [-0.2, -0.15) is 0 Å². The van der Waals surface area contributed by atoms with Crippen molar-refractivity contribution in [2.24, 2.45) is 0 Å². The molecule has 3 nitrogen and oxygen atoms in total. The highest BCUT2D eigenvalue weighted by molar-refractivity contribution is 5.83. The fraction of sp³-hybridized carbons (Fsp3) is 0.417. The number of carbonyl (C=O) groups is 1. The lowest BCUT2D eigenvalue weighted by Crippen LogP contribution is -2.18. The van der Waals surface area contributed by atoms with Gasteiger partial charge in [0.05, 0.1) is 5.97 Å². The van der Waals surface area contributed by atoms with Crippen LogP contribution in [0, 0.1) is 13.8 Å². The second-order valence-corrected chi connectivity index (χ2v) is 4.08. The predicted molar refractivity (Wildman–Crippen MR) is 56.2 cm³/mol. The average Bonchev–Trinajstić information content (AvgIpc) is 2.92. The van der Waals surface area contributed by atoms with Crippen LogP contribution in [0.5, 0.6) is 0 Å². The SMILES string of the molecule is Cc1cc(C=CC(=O)[O-])c(C)n1C1CC1. The minimum absolute atomic E-state index is 0.634. The molecule has 1 aliphatic carbocycles. The quantitative estimate of drug-likeness (QED) is 0.694. The number of carboxylic acid groups (broad SMARTS) is 1. The second kappa shape index (κ2) is 3.57. The molecule has 0 saturated heterocycles. The molecule has 1 saturated carbocycles. The number of aryl methyl sites for hydroxylation is 1. The zero-order valence-electron chi connectivity index (χ0n) is 8.99. The van der Waals surface area contributed by atoms with Crippen molar-refractivity contribution in [2.45, 2.75) is 32.7 Å². The Labute approximate surface area is 89.0 Å². The van der Waals surface area contributed by atoms with Gasteiger partial charge in [0.2, 0.25) is 0 Å². The van der Waals surface area contributed by atoms with Gasteiger partial charge in [0.25, 0.3) is 0 Å². The maximum atomic E-state index is 10.3. The van der Waals surface area contributed by atoms with Crippen molar-refractivity contribution >= 4 is 12.0 Å². The van der Waals surface area contributed by atoms with Crippen LogP contribution in [0.1, 0.15) is 35.8 Å². The fourth-order valence-electron chi connectivity index (χ4n) is 2.02. The summed E-state index contributed by atoms with van der Waals surface area (Å²) in [4.78, 5) is 10.3. The van der Waals surface area contributed by atoms with Crippen LogP contribution in [0.4, 0.5) is 0 Å². The summed E-state index contributed by atoms with van der Waals surface area (Å²) in [6, 6.07) is 2.66. The third-order valence-electron chi connectivity index (χ3n) is 2.83. The molecule has 0 atom stereocenters. The van der Waals surface area contributed by atoms with E-state index in [0.717, 1.165) is 17.3 Å². The average molecular weight is 204 g/mol. The molecule has 0 spiro atoms. The van der Waals surface area contributed by atoms with E-state index in [4.69, 9.17) is 0 Å². The summed E-state index contributed by atoms with van der Waals surface area (Å²) >= 11 is 0. The first-order chi connectivity index (χ1) is 7.09. The summed E-state index contributed by atoms with van der Waals surface area (Å²) in [5.74, 6) is -1.15. The van der Waals surface area contributed by atoms with Crippen LogP contribution in [0.3, 0.4) is 0 Å². The van der Waals surface area contributed by atoms with Crippen molar-refractivity contribution < 1.29 is 9.90 Å². The monoisotopic (exact) mass is 204 g/mol. The lowest BCUT2D eigenvalue weighted by Gasteiger charge is -2.06. The molecule has 3 heteroatoms. The van der Waals surface area contributed by atoms with Gasteiger partial charge in [0, 0.05) is 17.4 Å². The highest BCUT2D eigenvalue weighted by Crippen LogP contribution is 2.38. The molecule has 0 aliphatic heterocycles. The summed E-state index contributed by atoms with van der Waals surface area (Å²) in [5, 5.41) is 10.3. The summed E-state index contributed by atoms with van der Waals surface area (Å²) in [5.41, 5.74) is 3.32. The summed E-state index contributed by atoms with van der Waals surface area (Å²) in [6.07, 6.45) is 5.16. The Bertz CT molecular complexity index is 425. The molecule has 1 aromatic rings. The molecule has 0 aromatic carbocycles. The molecule has 0 unspecified atom stereocenters. The van der Waals surface area contributed by atoms with Crippen LogP contribution in [0.15, 0.2) is 12.1 Å². The summed E-state index contributed by atoms with van der Waals surface area (Å²) < 4.78 is 2.29. The minimum Gasteiger partial charge on any atom is -0.545 e. The van der Waals surface area contributed by atoms with Gasteiger partial charge in [-0.05, 0) is 44.4 Å². The van der Waals surface area contributed by atoms with E-state index in [9.17, 15) is 9.90 Å². The Hall–Kier alpha value is -1.51. The molecule has 1 heterocycles. The molecule has 15 heavy (non-hydrogen) atoms. The molecule has 80 valence electrons. The van der Waals surface area contributed by atoms with Gasteiger partial charge in [-0.1, -0.05) is 6.08 Å². The highest BCUT2D eigenvalue weighted by Gasteiger charge is 2.26. The van der Waals surface area contributed by atoms with E-state index in [-0.39, 0.29) is 0 Å². The Balaban J connectivity index is 2.32. The molecule has 0 N–H and O–H groups in total. The van der Waals surface area contributed by atoms with E-state index < -0.39 is 5.97 Å². The van der Waals surface area contributed by atoms with Crippen LogP contribution in [0.25, 0.3) is 6.08 Å². The van der Waals surface area contributed by atoms with E-state index in [1.807, 2.05) is 13.0 Å². The number of hydrogen-bond donors (Lipinski definition) is 0. The van der Waals surface area contributed by atoms with Gasteiger partial charge in [0.15, 0.2) is 0 Å². The Morgan fingerprint density at radius 3 is 2.73 bits per heavy atom. The molecule has 0 bridgehead atoms. The molecule has 0 amide bonds. The number of hydrogen-bond acceptors (Lipinski definition) is 2. The minimum atomic E-state index is -1.15. The van der Waals surface area contributed by atoms with E-state index in [2.05, 4.69) is 11.5 Å². The number of carbonyl (C=O) groups excluding carboxylic acids is 1. The molecule has 0 radical (unpaired) electrons. The third kappa shape index (κ3) is 1.96. The topological polar surface area (TPSA) is 45.1 Å². The Morgan fingerprint density at radius 1 is 1.53 bits per heavy atom. The number of rotatable bonds is 3. The van der Waals surface area contributed by atoms with Crippen molar-refractivity contribution in [1.82, 2.24) is 4.57 Å². The van der Waals surface area contributed by atoms with E-state index in [0.29, 0.717) is 6.04 Å². The molecular formula is C12H14NO2-. The number of carboxylic acids is 1. The highest BCUT2D eigenvalue weighted by atomic mass is 16.4. The first-order valence-electron chi connectivity index (χ1n) is 5.17. The molecule has 2 rings (SSSR count). The van der Waals surface area contributed by atoms with Crippen molar-refractivity contribution in [2.75, 3.05) is 0 Å². The maximum absolute atomic E-state index is 10.3. The van der Waals surface area contributed by atoms with E-state index >= 15 is 0 Å². The van der Waals surface area contributed by atoms with Crippen molar-refractivity contribution in [3.63, 3.8) is 0 Å². The van der Waals surface area contributed by atoms with Gasteiger partial charge in [0.1, 0.15) is 0 Å². The van der Waals surface area contributed by atoms with E-state index in [1.54, 1.807) is 6.08 Å². The van der Waals surface area contributed by atoms with Gasteiger partial charge < -0.3 is 14.5 Å². The second-order valence-electron chi connectivity index (χ2n) is 4.08. The maximum Gasteiger partial charge on any atom is 0.0643 e. The molecular weight excluding hydrogens is 190 g/mol. The van der Waals surface area contributed by atoms with Crippen molar-refractivity contribution in [3.05, 3.63) is 29.1 Å². The Morgan fingerprint density at radius 2 is 2.20 bits per heavy atom. The lowest BCUT2D eigenvalue weighted by atomic mass is 10.2. The van der Waals surface area contributed by atoms with Crippen LogP contribution in [0.2, 0.25) is 0 Å². The van der Waals surface area contributed by atoms with E-state index in [1.165, 1.54) is 18.5 Å². The van der Waals surface area contributed by atoms with Crippen LogP contribution in [-0.2, 0) is 4.79 Å². The lowest BCUT2D eigenvalue weighted by molar-refractivity contribution is -0.297. The molecule has 1 fully saturated rings. The largest absolute Gasteiger partial charge is 0.545 e. The summed E-state index contributed by atoms with van der Waals surface area (Å²) in [6.45, 7) is 4.09. The van der Waals surface area contributed by atoms with Crippen LogP contribution < -0.4 is 5.11 Å². The standard InChI is InChI=1S/C12H15NO2/c1-8-7-10(3-6-12(14)15)9(2)13(8)11-4-5-11/h3,6-7,11H,4-5H2,1-2H3,(H,14,15)/p-1. The first-order valence-corrected chi connectivity index (χ1v) is 5.17. The van der Waals surface area contributed by atoms with Gasteiger partial charge in [-0.3, -0.25) is 0 Å². The van der Waals surface area contributed by atoms with Crippen LogP contribution >= 0.6 is 0 Å². The fourth-order valence-corrected chi connectivity index (χ4v) is 2.02. The first kappa shape index (κ1) is 10.0. The van der Waals surface area contributed by atoms with Gasteiger partial charge in [-0.15, -0.1) is 0 Å².